The molecule has 0 bridgehead atoms. The van der Waals surface area contributed by atoms with Gasteiger partial charge in [-0.05, 0) is 39.0 Å². The maximum atomic E-state index is 13.7. The Labute approximate surface area is 213 Å². The van der Waals surface area contributed by atoms with Crippen molar-refractivity contribution in [1.29, 1.82) is 0 Å². The van der Waals surface area contributed by atoms with Crippen LogP contribution in [0.5, 0.6) is 0 Å². The summed E-state index contributed by atoms with van der Waals surface area (Å²) >= 11 is 0. The van der Waals surface area contributed by atoms with Gasteiger partial charge in [0, 0.05) is 30.2 Å². The van der Waals surface area contributed by atoms with Gasteiger partial charge in [-0.15, -0.1) is 0 Å². The molecule has 1 unspecified atom stereocenters. The summed E-state index contributed by atoms with van der Waals surface area (Å²) in [5, 5.41) is 15.7. The SMILES string of the molecule is CC(C)(C)OC(=O)NOCC(=O)NCCSSCCNC(=O)c1ccc(F)c(NC(O)C(F)(F)F)c1. The van der Waals surface area contributed by atoms with E-state index in [-0.39, 0.29) is 12.1 Å². The highest BCUT2D eigenvalue weighted by Gasteiger charge is 2.38. The van der Waals surface area contributed by atoms with Crippen LogP contribution in [0.25, 0.3) is 0 Å². The predicted molar refractivity (Wildman–Crippen MR) is 128 cm³/mol. The van der Waals surface area contributed by atoms with Gasteiger partial charge in [0.2, 0.25) is 12.1 Å². The fourth-order valence-electron chi connectivity index (χ4n) is 2.18. The van der Waals surface area contributed by atoms with E-state index in [0.29, 0.717) is 18.1 Å². The predicted octanol–water partition coefficient (Wildman–Crippen LogP) is 2.80. The van der Waals surface area contributed by atoms with E-state index in [1.165, 1.54) is 21.6 Å². The zero-order valence-electron chi connectivity index (χ0n) is 19.7. The van der Waals surface area contributed by atoms with Crippen LogP contribution in [0.3, 0.4) is 0 Å². The fourth-order valence-corrected chi connectivity index (χ4v) is 3.99. The number of carbonyl (C=O) groups excluding carboxylic acids is 3. The number of hydrogen-bond acceptors (Lipinski definition) is 9. The van der Waals surface area contributed by atoms with E-state index in [1.54, 1.807) is 26.1 Å². The highest BCUT2D eigenvalue weighted by atomic mass is 33.1. The molecule has 1 rings (SSSR count). The number of halogens is 4. The highest BCUT2D eigenvalue weighted by Crippen LogP contribution is 2.24. The van der Waals surface area contributed by atoms with Crippen LogP contribution in [0.4, 0.5) is 28.0 Å². The Kier molecular flexibility index (Phi) is 13.1. The minimum atomic E-state index is -5.00. The molecule has 1 aromatic carbocycles. The molecule has 0 radical (unpaired) electrons. The fraction of sp³-hybridized carbons (Fsp3) is 0.550. The molecule has 10 nitrogen and oxygen atoms in total. The summed E-state index contributed by atoms with van der Waals surface area (Å²) in [6, 6.07) is 2.79. The van der Waals surface area contributed by atoms with E-state index in [4.69, 9.17) is 14.7 Å². The van der Waals surface area contributed by atoms with Gasteiger partial charge in [0.15, 0.2) is 6.61 Å². The second-order valence-corrected chi connectivity index (χ2v) is 10.6. The number of benzene rings is 1. The number of ether oxygens (including phenoxy) is 1. The van der Waals surface area contributed by atoms with Crippen LogP contribution in [0.15, 0.2) is 18.2 Å². The lowest BCUT2D eigenvalue weighted by Crippen LogP contribution is -2.36. The first-order chi connectivity index (χ1) is 16.7. The number of anilines is 1. The van der Waals surface area contributed by atoms with Crippen LogP contribution in [0, 0.1) is 5.82 Å². The molecule has 0 aliphatic heterocycles. The summed E-state index contributed by atoms with van der Waals surface area (Å²) in [5.74, 6) is -1.11. The van der Waals surface area contributed by atoms with Gasteiger partial charge >= 0.3 is 12.3 Å². The van der Waals surface area contributed by atoms with Crippen molar-refractivity contribution in [3.63, 3.8) is 0 Å². The van der Waals surface area contributed by atoms with Crippen molar-refractivity contribution in [2.45, 2.75) is 38.8 Å². The minimum Gasteiger partial charge on any atom is -0.442 e. The summed E-state index contributed by atoms with van der Waals surface area (Å²) in [6.45, 7) is 5.20. The van der Waals surface area contributed by atoms with Crippen LogP contribution >= 0.6 is 21.6 Å². The van der Waals surface area contributed by atoms with Gasteiger partial charge in [-0.2, -0.15) is 18.7 Å². The average Bonchev–Trinajstić information content (AvgIpc) is 2.74. The number of alkyl halides is 3. The second-order valence-electron chi connectivity index (χ2n) is 7.93. The first-order valence-electron chi connectivity index (χ1n) is 10.4. The van der Waals surface area contributed by atoms with E-state index in [0.717, 1.165) is 18.2 Å². The molecular formula is C20H28F4N4O6S2. The third-order valence-corrected chi connectivity index (χ3v) is 6.06. The number of nitrogens with one attached hydrogen (secondary N) is 4. The summed E-state index contributed by atoms with van der Waals surface area (Å²) in [5.41, 5.74) is 0.549. The van der Waals surface area contributed by atoms with E-state index in [9.17, 15) is 31.9 Å². The molecule has 0 spiro atoms. The summed E-state index contributed by atoms with van der Waals surface area (Å²) in [7, 11) is 2.82. The molecule has 0 aliphatic carbocycles. The molecule has 5 N–H and O–H groups in total. The van der Waals surface area contributed by atoms with E-state index >= 15 is 0 Å². The molecule has 204 valence electrons. The number of rotatable bonds is 13. The molecule has 0 aliphatic rings. The van der Waals surface area contributed by atoms with Crippen molar-refractivity contribution < 1.29 is 46.6 Å². The van der Waals surface area contributed by atoms with Crippen molar-refractivity contribution in [2.24, 2.45) is 0 Å². The number of carbonyl (C=O) groups is 3. The van der Waals surface area contributed by atoms with E-state index in [1.807, 2.05) is 5.48 Å². The van der Waals surface area contributed by atoms with Gasteiger partial charge < -0.3 is 25.8 Å². The van der Waals surface area contributed by atoms with Gasteiger partial charge in [-0.1, -0.05) is 21.6 Å². The van der Waals surface area contributed by atoms with Crippen molar-refractivity contribution in [2.75, 3.05) is 36.5 Å². The van der Waals surface area contributed by atoms with Crippen LogP contribution in [0.1, 0.15) is 31.1 Å². The Morgan fingerprint density at radius 3 is 2.25 bits per heavy atom. The van der Waals surface area contributed by atoms with Gasteiger partial charge in [0.05, 0.1) is 5.69 Å². The monoisotopic (exact) mass is 560 g/mol. The summed E-state index contributed by atoms with van der Waals surface area (Å²) < 4.78 is 56.0. The molecule has 1 atom stereocenters. The van der Waals surface area contributed by atoms with E-state index in [2.05, 4.69) is 10.6 Å². The largest absolute Gasteiger partial charge is 0.442 e. The summed E-state index contributed by atoms with van der Waals surface area (Å²) in [6.07, 6.45) is -8.80. The Bertz CT molecular complexity index is 887. The van der Waals surface area contributed by atoms with Crippen LogP contribution in [-0.4, -0.2) is 72.2 Å². The zero-order valence-corrected chi connectivity index (χ0v) is 21.3. The molecule has 0 heterocycles. The lowest BCUT2D eigenvalue weighted by molar-refractivity contribution is -0.194. The molecule has 1 aromatic rings. The normalized spacial score (nSPS) is 12.4. The first kappa shape index (κ1) is 31.6. The van der Waals surface area contributed by atoms with Gasteiger partial charge in [0.25, 0.3) is 5.91 Å². The summed E-state index contributed by atoms with van der Waals surface area (Å²) in [4.78, 5) is 39.9. The van der Waals surface area contributed by atoms with E-state index < -0.39 is 54.0 Å². The van der Waals surface area contributed by atoms with Crippen molar-refractivity contribution in [1.82, 2.24) is 16.1 Å². The number of amides is 3. The van der Waals surface area contributed by atoms with Crippen molar-refractivity contribution in [3.05, 3.63) is 29.6 Å². The van der Waals surface area contributed by atoms with Gasteiger partial charge in [-0.3, -0.25) is 14.4 Å². The first-order valence-corrected chi connectivity index (χ1v) is 12.9. The average molecular weight is 561 g/mol. The maximum Gasteiger partial charge on any atom is 0.433 e. The third kappa shape index (κ3) is 13.6. The lowest BCUT2D eigenvalue weighted by Gasteiger charge is -2.19. The Hall–Kier alpha value is -2.43. The Morgan fingerprint density at radius 1 is 1.06 bits per heavy atom. The quantitative estimate of drug-likeness (QED) is 0.0811. The second kappa shape index (κ2) is 15.0. The number of aliphatic hydroxyl groups is 1. The number of hydroxylamine groups is 1. The molecule has 0 saturated heterocycles. The third-order valence-electron chi connectivity index (χ3n) is 3.65. The maximum absolute atomic E-state index is 13.7. The standard InChI is InChI=1S/C20H28F4N4O6S2/c1-19(2,3)34-18(32)28-33-11-15(29)25-6-8-35-36-9-7-26-16(30)12-4-5-13(21)14(10-12)27-17(31)20(22,23)24/h4-5,10,17,27,31H,6-9,11H2,1-3H3,(H,25,29)(H,26,30)(H,28,32). The Morgan fingerprint density at radius 2 is 1.67 bits per heavy atom. The van der Waals surface area contributed by atoms with Gasteiger partial charge in [-0.25, -0.2) is 9.18 Å². The van der Waals surface area contributed by atoms with Crippen molar-refractivity contribution >= 4 is 45.2 Å². The highest BCUT2D eigenvalue weighted by molar-refractivity contribution is 8.76. The molecule has 36 heavy (non-hydrogen) atoms. The van der Waals surface area contributed by atoms with Crippen LogP contribution in [0.2, 0.25) is 0 Å². The van der Waals surface area contributed by atoms with Crippen LogP contribution in [-0.2, 0) is 14.4 Å². The Balaban J connectivity index is 2.19. The molecule has 0 saturated carbocycles. The molecule has 0 aromatic heterocycles. The van der Waals surface area contributed by atoms with Gasteiger partial charge in [0.1, 0.15) is 11.4 Å². The minimum absolute atomic E-state index is 0.0861. The zero-order chi connectivity index (χ0) is 27.4. The number of hydrogen-bond donors (Lipinski definition) is 5. The molecular weight excluding hydrogens is 532 g/mol. The van der Waals surface area contributed by atoms with Crippen LogP contribution < -0.4 is 21.4 Å². The number of aliphatic hydroxyl groups excluding tert-OH is 1. The topological polar surface area (TPSA) is 138 Å². The molecule has 0 fully saturated rings. The lowest BCUT2D eigenvalue weighted by atomic mass is 10.1. The van der Waals surface area contributed by atoms with Crippen molar-refractivity contribution in [3.8, 4) is 0 Å². The smallest absolute Gasteiger partial charge is 0.433 e. The molecule has 3 amide bonds. The molecule has 16 heteroatoms.